The molecule has 0 unspecified atom stereocenters. The molecule has 114 valence electrons. The maximum absolute atomic E-state index is 11.3. The monoisotopic (exact) mass is 275 g/mol. The van der Waals surface area contributed by atoms with E-state index in [9.17, 15) is 4.79 Å². The zero-order valence-electron chi connectivity index (χ0n) is 13.2. The highest BCUT2D eigenvalue weighted by Gasteiger charge is 2.15. The first kappa shape index (κ1) is 18.4. The normalized spacial score (nSPS) is 12.5. The second kappa shape index (κ2) is 8.51. The molecule has 0 rings (SSSR count). The first-order valence-corrected chi connectivity index (χ1v) is 6.72. The van der Waals surface area contributed by atoms with Gasteiger partial charge in [0.15, 0.2) is 0 Å². The van der Waals surface area contributed by atoms with Gasteiger partial charge in [-0.15, -0.1) is 0 Å². The molecule has 0 bridgehead atoms. The Morgan fingerprint density at radius 2 is 1.53 bits per heavy atom. The summed E-state index contributed by atoms with van der Waals surface area (Å²) in [5.74, 6) is -0.345. The minimum absolute atomic E-state index is 0.0269. The van der Waals surface area contributed by atoms with Gasteiger partial charge < -0.3 is 19.5 Å². The van der Waals surface area contributed by atoms with E-state index in [1.807, 2.05) is 20.8 Å². The fourth-order valence-electron chi connectivity index (χ4n) is 1.24. The molecule has 0 aliphatic carbocycles. The Labute approximate surface area is 117 Å². The van der Waals surface area contributed by atoms with Crippen molar-refractivity contribution in [3.8, 4) is 0 Å². The summed E-state index contributed by atoms with van der Waals surface area (Å²) < 4.78 is 15.6. The predicted molar refractivity (Wildman–Crippen MR) is 75.2 cm³/mol. The third-order valence-corrected chi connectivity index (χ3v) is 1.91. The van der Waals surface area contributed by atoms with Crippen LogP contribution in [0.5, 0.6) is 0 Å². The lowest BCUT2D eigenvalue weighted by molar-refractivity contribution is -0.160. The van der Waals surface area contributed by atoms with Crippen LogP contribution in [-0.2, 0) is 19.0 Å². The fraction of sp³-hybridized carbons (Fsp3) is 0.929. The smallest absolute Gasteiger partial charge is 0.332 e. The summed E-state index contributed by atoms with van der Waals surface area (Å²) in [4.78, 5) is 11.3. The molecule has 0 aromatic rings. The summed E-state index contributed by atoms with van der Waals surface area (Å²) >= 11 is 0. The lowest BCUT2D eigenvalue weighted by atomic mass is 10.1. The molecule has 0 aliphatic heterocycles. The summed E-state index contributed by atoms with van der Waals surface area (Å²) in [6, 6.07) is 0. The van der Waals surface area contributed by atoms with Crippen molar-refractivity contribution in [1.29, 1.82) is 0 Å². The van der Waals surface area contributed by atoms with Crippen LogP contribution in [0, 0.1) is 0 Å². The van der Waals surface area contributed by atoms with Crippen molar-refractivity contribution in [2.24, 2.45) is 0 Å². The van der Waals surface area contributed by atoms with Gasteiger partial charge >= 0.3 is 5.97 Å². The van der Waals surface area contributed by atoms with Crippen molar-refractivity contribution in [3.63, 3.8) is 0 Å². The number of esters is 1. The van der Waals surface area contributed by atoms with E-state index in [2.05, 4.69) is 26.1 Å². The van der Waals surface area contributed by atoms with E-state index < -0.39 is 5.60 Å². The molecule has 0 radical (unpaired) electrons. The van der Waals surface area contributed by atoms with Crippen LogP contribution in [-0.4, -0.2) is 50.1 Å². The van der Waals surface area contributed by atoms with E-state index in [1.54, 1.807) is 0 Å². The Bertz CT molecular complexity index is 253. The summed E-state index contributed by atoms with van der Waals surface area (Å²) in [5, 5.41) is 3.32. The van der Waals surface area contributed by atoms with Gasteiger partial charge in [0.25, 0.3) is 0 Å². The zero-order valence-corrected chi connectivity index (χ0v) is 13.2. The van der Waals surface area contributed by atoms with Crippen LogP contribution in [0.3, 0.4) is 0 Å². The molecule has 5 heteroatoms. The van der Waals surface area contributed by atoms with E-state index in [0.717, 1.165) is 6.54 Å². The van der Waals surface area contributed by atoms with Crippen molar-refractivity contribution in [2.45, 2.75) is 52.7 Å². The summed E-state index contributed by atoms with van der Waals surface area (Å²) in [6.07, 6.45) is 0. The average Bonchev–Trinajstić information content (AvgIpc) is 2.17. The topological polar surface area (TPSA) is 56.8 Å². The first-order valence-electron chi connectivity index (χ1n) is 6.72. The van der Waals surface area contributed by atoms with E-state index in [1.165, 1.54) is 0 Å². The number of ether oxygens (including phenoxy) is 3. The Kier molecular flexibility index (Phi) is 8.22. The molecule has 0 aromatic carbocycles. The zero-order chi connectivity index (χ0) is 14.9. The Balaban J connectivity index is 3.35. The minimum Gasteiger partial charge on any atom is -0.458 e. The van der Waals surface area contributed by atoms with Gasteiger partial charge in [0, 0.05) is 12.1 Å². The van der Waals surface area contributed by atoms with E-state index in [0.29, 0.717) is 19.8 Å². The van der Waals surface area contributed by atoms with Crippen LogP contribution >= 0.6 is 0 Å². The van der Waals surface area contributed by atoms with Crippen LogP contribution in [0.1, 0.15) is 41.5 Å². The molecule has 0 saturated carbocycles. The molecule has 0 aliphatic rings. The van der Waals surface area contributed by atoms with Crippen molar-refractivity contribution in [1.82, 2.24) is 5.32 Å². The van der Waals surface area contributed by atoms with Gasteiger partial charge in [-0.05, 0) is 41.5 Å². The summed E-state index contributed by atoms with van der Waals surface area (Å²) in [5.41, 5.74) is -0.355. The van der Waals surface area contributed by atoms with Crippen molar-refractivity contribution < 1.29 is 19.0 Å². The molecule has 0 heterocycles. The maximum Gasteiger partial charge on any atom is 0.332 e. The standard InChI is InChI=1S/C14H29NO4/c1-13(2,3)15-7-8-17-9-10-18-11-12(16)19-14(4,5)6/h15H,7-11H2,1-6H3. The van der Waals surface area contributed by atoms with Gasteiger partial charge in [-0.1, -0.05) is 0 Å². The predicted octanol–water partition coefficient (Wildman–Crippen LogP) is 1.75. The van der Waals surface area contributed by atoms with Crippen LogP contribution in [0.4, 0.5) is 0 Å². The van der Waals surface area contributed by atoms with Gasteiger partial charge in [0.2, 0.25) is 0 Å². The van der Waals surface area contributed by atoms with Crippen molar-refractivity contribution >= 4 is 5.97 Å². The molecule has 0 fully saturated rings. The molecule has 0 aromatic heterocycles. The van der Waals surface area contributed by atoms with E-state index >= 15 is 0 Å². The molecule has 0 amide bonds. The number of carbonyl (C=O) groups excluding carboxylic acids is 1. The molecule has 0 atom stereocenters. The number of hydrogen-bond donors (Lipinski definition) is 1. The van der Waals surface area contributed by atoms with Gasteiger partial charge in [0.05, 0.1) is 19.8 Å². The fourth-order valence-corrected chi connectivity index (χ4v) is 1.24. The number of rotatable bonds is 8. The number of nitrogens with one attached hydrogen (secondary N) is 1. The molecular weight excluding hydrogens is 246 g/mol. The average molecular weight is 275 g/mol. The summed E-state index contributed by atoms with van der Waals surface area (Å²) in [7, 11) is 0. The minimum atomic E-state index is -0.463. The van der Waals surface area contributed by atoms with Gasteiger partial charge in [-0.2, -0.15) is 0 Å². The summed E-state index contributed by atoms with van der Waals surface area (Å²) in [6.45, 7) is 14.1. The number of hydrogen-bond acceptors (Lipinski definition) is 5. The van der Waals surface area contributed by atoms with Gasteiger partial charge in [-0.3, -0.25) is 0 Å². The molecule has 0 saturated heterocycles. The first-order chi connectivity index (χ1) is 8.60. The molecule has 0 spiro atoms. The van der Waals surface area contributed by atoms with Crippen LogP contribution < -0.4 is 5.32 Å². The van der Waals surface area contributed by atoms with Gasteiger partial charge in [-0.25, -0.2) is 4.79 Å². The Morgan fingerprint density at radius 1 is 0.947 bits per heavy atom. The lowest BCUT2D eigenvalue weighted by Crippen LogP contribution is -2.38. The lowest BCUT2D eigenvalue weighted by Gasteiger charge is -2.20. The highest BCUT2D eigenvalue weighted by molar-refractivity contribution is 5.71. The van der Waals surface area contributed by atoms with Crippen LogP contribution in [0.15, 0.2) is 0 Å². The molecule has 19 heavy (non-hydrogen) atoms. The second-order valence-electron chi connectivity index (χ2n) is 6.43. The Hall–Kier alpha value is -0.650. The van der Waals surface area contributed by atoms with E-state index in [-0.39, 0.29) is 18.1 Å². The third-order valence-electron chi connectivity index (χ3n) is 1.91. The Morgan fingerprint density at radius 3 is 2.05 bits per heavy atom. The van der Waals surface area contributed by atoms with Gasteiger partial charge in [0.1, 0.15) is 12.2 Å². The van der Waals surface area contributed by atoms with Crippen LogP contribution in [0.25, 0.3) is 0 Å². The largest absolute Gasteiger partial charge is 0.458 e. The van der Waals surface area contributed by atoms with Crippen molar-refractivity contribution in [3.05, 3.63) is 0 Å². The van der Waals surface area contributed by atoms with Crippen molar-refractivity contribution in [2.75, 3.05) is 33.0 Å². The second-order valence-corrected chi connectivity index (χ2v) is 6.43. The third kappa shape index (κ3) is 15.3. The quantitative estimate of drug-likeness (QED) is 0.540. The van der Waals surface area contributed by atoms with E-state index in [4.69, 9.17) is 14.2 Å². The molecule has 1 N–H and O–H groups in total. The number of carbonyl (C=O) groups is 1. The highest BCUT2D eigenvalue weighted by atomic mass is 16.6. The van der Waals surface area contributed by atoms with Crippen LogP contribution in [0.2, 0.25) is 0 Å². The maximum atomic E-state index is 11.3. The molecule has 5 nitrogen and oxygen atoms in total. The highest BCUT2D eigenvalue weighted by Crippen LogP contribution is 2.06. The SMILES string of the molecule is CC(C)(C)NCCOCCOCC(=O)OC(C)(C)C. The molecular formula is C14H29NO4.